The molecule has 20 heavy (non-hydrogen) atoms. The molecule has 0 aliphatic heterocycles. The maximum atomic E-state index is 11.7. The van der Waals surface area contributed by atoms with Crippen LogP contribution in [0.5, 0.6) is 0 Å². The lowest BCUT2D eigenvalue weighted by atomic mass is 10.3. The van der Waals surface area contributed by atoms with E-state index in [0.29, 0.717) is 11.5 Å². The number of rotatable bonds is 14. The van der Waals surface area contributed by atoms with Crippen LogP contribution in [0.25, 0.3) is 0 Å². The van der Waals surface area contributed by atoms with Crippen molar-refractivity contribution in [2.45, 2.75) is 71.6 Å². The van der Waals surface area contributed by atoms with Gasteiger partial charge in [-0.2, -0.15) is 0 Å². The normalized spacial score (nSPS) is 13.6. The van der Waals surface area contributed by atoms with Gasteiger partial charge in [-0.05, 0) is 38.5 Å². The van der Waals surface area contributed by atoms with E-state index in [-0.39, 0.29) is 0 Å². The van der Waals surface area contributed by atoms with Crippen molar-refractivity contribution in [2.24, 2.45) is 0 Å². The number of hydrogen-bond donors (Lipinski definition) is 0. The van der Waals surface area contributed by atoms with Crippen molar-refractivity contribution in [1.82, 2.24) is 0 Å². The van der Waals surface area contributed by atoms with Gasteiger partial charge in [-0.1, -0.05) is 44.3 Å². The van der Waals surface area contributed by atoms with Crippen molar-refractivity contribution in [1.29, 1.82) is 0 Å². The second-order valence-corrected chi connectivity index (χ2v) is 9.47. The molecule has 1 unspecified atom stereocenters. The molecule has 0 amide bonds. The molecule has 0 aromatic carbocycles. The molecule has 3 nitrogen and oxygen atoms in total. The summed E-state index contributed by atoms with van der Waals surface area (Å²) in [5.41, 5.74) is 0. The second-order valence-electron chi connectivity index (χ2n) is 5.47. The maximum Gasteiger partial charge on any atom is 0.150 e. The third kappa shape index (κ3) is 13.3. The summed E-state index contributed by atoms with van der Waals surface area (Å²) < 4.78 is 35.1. The molecule has 0 aromatic heterocycles. The third-order valence-corrected chi connectivity index (χ3v) is 6.67. The van der Waals surface area contributed by atoms with Crippen molar-refractivity contribution >= 4 is 21.0 Å². The Bertz CT molecular complexity index is 302. The number of sulfone groups is 1. The van der Waals surface area contributed by atoms with E-state index in [1.807, 2.05) is 0 Å². The minimum atomic E-state index is -2.85. The number of unbranched alkanes of at least 4 members (excludes halogenated alkanes) is 6. The van der Waals surface area contributed by atoms with Crippen LogP contribution < -0.4 is 0 Å². The maximum absolute atomic E-state index is 11.7. The molecular formula is C15H32O3S2. The molecule has 0 radical (unpaired) electrons. The summed E-state index contributed by atoms with van der Waals surface area (Å²) in [6, 6.07) is 0. The van der Waals surface area contributed by atoms with Crippen molar-refractivity contribution in [2.75, 3.05) is 23.0 Å². The predicted octanol–water partition coefficient (Wildman–Crippen LogP) is 3.70. The minimum absolute atomic E-state index is 0.305. The standard InChI is InChI=1S/C15H32O3S2/c1-3-5-8-12-19(16)13-9-7-11-15-20(17,18)14-10-6-4-2/h3-15H2,1-2H3. The molecule has 0 aliphatic rings. The van der Waals surface area contributed by atoms with Crippen LogP contribution in [0.3, 0.4) is 0 Å². The van der Waals surface area contributed by atoms with E-state index in [1.165, 1.54) is 0 Å². The first-order chi connectivity index (χ1) is 9.52. The van der Waals surface area contributed by atoms with Gasteiger partial charge >= 0.3 is 0 Å². The highest BCUT2D eigenvalue weighted by Crippen LogP contribution is 2.07. The Hall–Kier alpha value is 0.260. The second kappa shape index (κ2) is 13.0. The van der Waals surface area contributed by atoms with Gasteiger partial charge in [-0.25, -0.2) is 8.42 Å². The Labute approximate surface area is 129 Å². The molecule has 0 N–H and O–H groups in total. The van der Waals surface area contributed by atoms with Crippen LogP contribution in [0.4, 0.5) is 0 Å². The van der Waals surface area contributed by atoms with Gasteiger partial charge in [-0.15, -0.1) is 0 Å². The zero-order chi connectivity index (χ0) is 15.3. The van der Waals surface area contributed by atoms with Gasteiger partial charge in [-0.3, -0.25) is 0 Å². The molecule has 0 spiro atoms. The van der Waals surface area contributed by atoms with Gasteiger partial charge in [0.05, 0.1) is 11.5 Å². The van der Waals surface area contributed by atoms with Crippen LogP contribution in [-0.4, -0.2) is 36.0 Å². The van der Waals surface area contributed by atoms with Crippen LogP contribution >= 0.6 is 0 Å². The zero-order valence-corrected chi connectivity index (χ0v) is 14.9. The molecular weight excluding hydrogens is 292 g/mol. The topological polar surface area (TPSA) is 57.2 Å². The van der Waals surface area contributed by atoms with E-state index < -0.39 is 21.0 Å². The lowest BCUT2D eigenvalue weighted by Crippen LogP contribution is -2.13. The minimum Gasteiger partial charge on any atom is -0.616 e. The Morgan fingerprint density at radius 1 is 0.750 bits per heavy atom. The average Bonchev–Trinajstić information content (AvgIpc) is 2.38. The molecule has 0 saturated heterocycles. The highest BCUT2D eigenvalue weighted by molar-refractivity contribution is 7.91. The SMILES string of the molecule is CCCCC[S+]([O-])CCCCCS(=O)(=O)CCCCC. The summed E-state index contributed by atoms with van der Waals surface area (Å²) in [4.78, 5) is 0. The summed E-state index contributed by atoms with van der Waals surface area (Å²) in [5.74, 6) is 2.19. The molecule has 0 saturated carbocycles. The van der Waals surface area contributed by atoms with E-state index in [0.717, 1.165) is 69.3 Å². The fraction of sp³-hybridized carbons (Fsp3) is 1.00. The van der Waals surface area contributed by atoms with Crippen LogP contribution in [0, 0.1) is 0 Å². The molecule has 0 rings (SSSR count). The lowest BCUT2D eigenvalue weighted by Gasteiger charge is -2.10. The van der Waals surface area contributed by atoms with E-state index in [2.05, 4.69) is 13.8 Å². The third-order valence-electron chi connectivity index (χ3n) is 3.36. The van der Waals surface area contributed by atoms with E-state index in [1.54, 1.807) is 0 Å². The van der Waals surface area contributed by atoms with Gasteiger partial charge in [0.2, 0.25) is 0 Å². The van der Waals surface area contributed by atoms with Crippen LogP contribution in [0.2, 0.25) is 0 Å². The smallest absolute Gasteiger partial charge is 0.150 e. The fourth-order valence-corrected chi connectivity index (χ4v) is 4.80. The van der Waals surface area contributed by atoms with Gasteiger partial charge in [0.25, 0.3) is 0 Å². The monoisotopic (exact) mass is 324 g/mol. The predicted molar refractivity (Wildman–Crippen MR) is 89.4 cm³/mol. The van der Waals surface area contributed by atoms with E-state index >= 15 is 0 Å². The van der Waals surface area contributed by atoms with Crippen LogP contribution in [-0.2, 0) is 21.0 Å². The van der Waals surface area contributed by atoms with Crippen molar-refractivity contribution in [3.63, 3.8) is 0 Å². The lowest BCUT2D eigenvalue weighted by molar-refractivity contribution is 0.581. The Morgan fingerprint density at radius 2 is 1.20 bits per heavy atom. The zero-order valence-electron chi connectivity index (χ0n) is 13.2. The van der Waals surface area contributed by atoms with Crippen molar-refractivity contribution in [3.05, 3.63) is 0 Å². The average molecular weight is 325 g/mol. The summed E-state index contributed by atoms with van der Waals surface area (Å²) in [6.45, 7) is 4.22. The molecule has 0 fully saturated rings. The molecule has 5 heteroatoms. The first-order valence-electron chi connectivity index (χ1n) is 8.07. The quantitative estimate of drug-likeness (QED) is 0.361. The summed E-state index contributed by atoms with van der Waals surface area (Å²) in [7, 11) is -2.85. The summed E-state index contributed by atoms with van der Waals surface area (Å²) in [5, 5.41) is 0. The van der Waals surface area contributed by atoms with E-state index in [9.17, 15) is 13.0 Å². The highest BCUT2D eigenvalue weighted by atomic mass is 32.2. The molecule has 0 aromatic rings. The Balaban J connectivity index is 3.50. The number of hydrogen-bond acceptors (Lipinski definition) is 3. The molecule has 1 atom stereocenters. The van der Waals surface area contributed by atoms with Crippen molar-refractivity contribution in [3.8, 4) is 0 Å². The molecule has 0 aliphatic carbocycles. The van der Waals surface area contributed by atoms with Gasteiger partial charge in [0.1, 0.15) is 21.3 Å². The van der Waals surface area contributed by atoms with E-state index in [4.69, 9.17) is 0 Å². The summed E-state index contributed by atoms with van der Waals surface area (Å²) >= 11 is -0.702. The Kier molecular flexibility index (Phi) is 13.1. The molecule has 122 valence electrons. The fourth-order valence-electron chi connectivity index (χ4n) is 2.05. The van der Waals surface area contributed by atoms with Gasteiger partial charge in [0, 0.05) is 0 Å². The molecule has 0 bridgehead atoms. The van der Waals surface area contributed by atoms with Crippen LogP contribution in [0.15, 0.2) is 0 Å². The van der Waals surface area contributed by atoms with Crippen molar-refractivity contribution < 1.29 is 13.0 Å². The van der Waals surface area contributed by atoms with Gasteiger partial charge in [0.15, 0.2) is 0 Å². The molecule has 0 heterocycles. The first kappa shape index (κ1) is 20.3. The summed E-state index contributed by atoms with van der Waals surface area (Å²) in [6.07, 6.45) is 8.70. The first-order valence-corrected chi connectivity index (χ1v) is 11.4. The van der Waals surface area contributed by atoms with Crippen LogP contribution in [0.1, 0.15) is 71.6 Å². The largest absolute Gasteiger partial charge is 0.616 e. The highest BCUT2D eigenvalue weighted by Gasteiger charge is 2.10. The van der Waals surface area contributed by atoms with Gasteiger partial charge < -0.3 is 4.55 Å². The Morgan fingerprint density at radius 3 is 1.75 bits per heavy atom.